The zero-order chi connectivity index (χ0) is 13.8. The molecule has 3 heteroatoms. The molecule has 0 aromatic heterocycles. The summed E-state index contributed by atoms with van der Waals surface area (Å²) in [6, 6.07) is 14.9. The summed E-state index contributed by atoms with van der Waals surface area (Å²) in [7, 11) is 0. The second-order valence-electron chi connectivity index (χ2n) is 4.77. The van der Waals surface area contributed by atoms with Crippen molar-refractivity contribution in [3.8, 4) is 0 Å². The highest BCUT2D eigenvalue weighted by atomic mass is 32.2. The van der Waals surface area contributed by atoms with E-state index in [0.717, 1.165) is 5.56 Å². The Hall–Kier alpha value is -1.32. The van der Waals surface area contributed by atoms with Crippen LogP contribution >= 0.6 is 11.8 Å². The van der Waals surface area contributed by atoms with Crippen LogP contribution in [0.2, 0.25) is 0 Å². The van der Waals surface area contributed by atoms with Gasteiger partial charge in [-0.3, -0.25) is 0 Å². The Labute approximate surface area is 118 Å². The molecule has 0 aliphatic heterocycles. The lowest BCUT2D eigenvalue weighted by Gasteiger charge is -2.21. The number of halogens is 1. The molecule has 2 aromatic rings. The summed E-state index contributed by atoms with van der Waals surface area (Å²) in [6.07, 6.45) is 0. The molecule has 0 heterocycles. The van der Waals surface area contributed by atoms with Crippen LogP contribution in [-0.2, 0) is 0 Å². The zero-order valence-electron chi connectivity index (χ0n) is 11.1. The Bertz CT molecular complexity index is 537. The molecule has 0 spiro atoms. The minimum absolute atomic E-state index is 0.00373. The third-order valence-electron chi connectivity index (χ3n) is 2.93. The number of aryl methyl sites for hydroxylation is 1. The van der Waals surface area contributed by atoms with E-state index in [9.17, 15) is 4.39 Å². The van der Waals surface area contributed by atoms with Crippen molar-refractivity contribution in [2.75, 3.05) is 0 Å². The summed E-state index contributed by atoms with van der Waals surface area (Å²) in [5, 5.41) is 0.127. The van der Waals surface area contributed by atoms with Crippen LogP contribution in [0.1, 0.15) is 23.3 Å². The predicted molar refractivity (Wildman–Crippen MR) is 79.8 cm³/mol. The van der Waals surface area contributed by atoms with Crippen LogP contribution in [0.25, 0.3) is 0 Å². The molecule has 0 saturated heterocycles. The smallest absolute Gasteiger partial charge is 0.123 e. The molecule has 0 aliphatic rings. The molecule has 2 atom stereocenters. The largest absolute Gasteiger partial charge is 0.327 e. The monoisotopic (exact) mass is 275 g/mol. The maximum Gasteiger partial charge on any atom is 0.123 e. The minimum atomic E-state index is -0.215. The second-order valence-corrected chi connectivity index (χ2v) is 5.98. The van der Waals surface area contributed by atoms with Gasteiger partial charge in [-0.25, -0.2) is 4.39 Å². The number of thioether (sulfide) groups is 1. The number of rotatable bonds is 4. The van der Waals surface area contributed by atoms with Gasteiger partial charge in [0.2, 0.25) is 0 Å². The summed E-state index contributed by atoms with van der Waals surface area (Å²) < 4.78 is 13.0. The molecule has 1 nitrogen and oxygen atoms in total. The van der Waals surface area contributed by atoms with Crippen molar-refractivity contribution in [1.29, 1.82) is 0 Å². The van der Waals surface area contributed by atoms with Crippen LogP contribution in [0.4, 0.5) is 4.39 Å². The van der Waals surface area contributed by atoms with Gasteiger partial charge >= 0.3 is 0 Å². The van der Waals surface area contributed by atoms with E-state index < -0.39 is 0 Å². The summed E-state index contributed by atoms with van der Waals surface area (Å²) in [5.41, 5.74) is 8.37. The molecule has 0 amide bonds. The van der Waals surface area contributed by atoms with E-state index in [1.807, 2.05) is 25.1 Å². The molecule has 2 N–H and O–H groups in total. The van der Waals surface area contributed by atoms with Gasteiger partial charge in [0.15, 0.2) is 0 Å². The zero-order valence-corrected chi connectivity index (χ0v) is 12.0. The molecular weight excluding hydrogens is 257 g/mol. The normalized spacial score (nSPS) is 14.1. The van der Waals surface area contributed by atoms with Crippen molar-refractivity contribution in [1.82, 2.24) is 0 Å². The highest BCUT2D eigenvalue weighted by Crippen LogP contribution is 2.37. The molecule has 0 bridgehead atoms. The summed E-state index contributed by atoms with van der Waals surface area (Å²) >= 11 is 1.72. The molecule has 19 heavy (non-hydrogen) atoms. The highest BCUT2D eigenvalue weighted by molar-refractivity contribution is 7.99. The fourth-order valence-corrected chi connectivity index (χ4v) is 3.18. The van der Waals surface area contributed by atoms with Gasteiger partial charge in [0.25, 0.3) is 0 Å². The average Bonchev–Trinajstić information content (AvgIpc) is 2.37. The van der Waals surface area contributed by atoms with E-state index in [0.29, 0.717) is 0 Å². The number of hydrogen-bond donors (Lipinski definition) is 1. The lowest BCUT2D eigenvalue weighted by Crippen LogP contribution is -2.22. The standard InChI is InChI=1S/C16H18FNS/c1-11-4-3-5-15(10-11)19-16(12(2)18)13-6-8-14(17)9-7-13/h3-10,12,16H,18H2,1-2H3. The molecule has 2 aromatic carbocycles. The Morgan fingerprint density at radius 3 is 2.37 bits per heavy atom. The van der Waals surface area contributed by atoms with Crippen molar-refractivity contribution in [3.05, 3.63) is 65.5 Å². The van der Waals surface area contributed by atoms with Gasteiger partial charge in [-0.1, -0.05) is 29.8 Å². The molecule has 0 saturated carbocycles. The molecular formula is C16H18FNS. The minimum Gasteiger partial charge on any atom is -0.327 e. The number of nitrogens with two attached hydrogens (primary N) is 1. The number of benzene rings is 2. The first-order valence-corrected chi connectivity index (χ1v) is 7.18. The molecule has 2 unspecified atom stereocenters. The Kier molecular flexibility index (Phi) is 4.61. The molecule has 2 rings (SSSR count). The topological polar surface area (TPSA) is 26.0 Å². The van der Waals surface area contributed by atoms with Gasteiger partial charge in [-0.05, 0) is 43.7 Å². The van der Waals surface area contributed by atoms with Gasteiger partial charge in [0.05, 0.1) is 0 Å². The Morgan fingerprint density at radius 1 is 1.11 bits per heavy atom. The van der Waals surface area contributed by atoms with Crippen molar-refractivity contribution in [2.24, 2.45) is 5.73 Å². The second kappa shape index (κ2) is 6.22. The Balaban J connectivity index is 2.23. The van der Waals surface area contributed by atoms with Gasteiger partial charge in [0, 0.05) is 16.2 Å². The van der Waals surface area contributed by atoms with Crippen LogP contribution in [-0.4, -0.2) is 6.04 Å². The van der Waals surface area contributed by atoms with E-state index in [2.05, 4.69) is 25.1 Å². The molecule has 0 radical (unpaired) electrons. The third kappa shape index (κ3) is 3.82. The van der Waals surface area contributed by atoms with Crippen LogP contribution in [0.15, 0.2) is 53.4 Å². The predicted octanol–water partition coefficient (Wildman–Crippen LogP) is 4.31. The van der Waals surface area contributed by atoms with E-state index in [4.69, 9.17) is 5.73 Å². The van der Waals surface area contributed by atoms with E-state index in [1.54, 1.807) is 11.8 Å². The van der Waals surface area contributed by atoms with Gasteiger partial charge < -0.3 is 5.73 Å². The van der Waals surface area contributed by atoms with Crippen molar-refractivity contribution in [2.45, 2.75) is 30.0 Å². The van der Waals surface area contributed by atoms with Gasteiger partial charge in [0.1, 0.15) is 5.82 Å². The molecule has 0 aliphatic carbocycles. The fourth-order valence-electron chi connectivity index (χ4n) is 1.97. The fraction of sp³-hybridized carbons (Fsp3) is 0.250. The summed E-state index contributed by atoms with van der Waals surface area (Å²) in [5.74, 6) is -0.215. The molecule has 0 fully saturated rings. The quantitative estimate of drug-likeness (QED) is 0.841. The summed E-state index contributed by atoms with van der Waals surface area (Å²) in [4.78, 5) is 1.19. The third-order valence-corrected chi connectivity index (χ3v) is 4.41. The lowest BCUT2D eigenvalue weighted by atomic mass is 10.1. The first-order valence-electron chi connectivity index (χ1n) is 6.30. The van der Waals surface area contributed by atoms with E-state index in [1.165, 1.54) is 22.6 Å². The SMILES string of the molecule is Cc1cccc(SC(c2ccc(F)cc2)C(C)N)c1. The molecule has 100 valence electrons. The average molecular weight is 275 g/mol. The van der Waals surface area contributed by atoms with E-state index >= 15 is 0 Å². The van der Waals surface area contributed by atoms with Crippen LogP contribution in [0.3, 0.4) is 0 Å². The van der Waals surface area contributed by atoms with Crippen molar-refractivity contribution in [3.63, 3.8) is 0 Å². The first-order chi connectivity index (χ1) is 9.06. The van der Waals surface area contributed by atoms with Crippen molar-refractivity contribution >= 4 is 11.8 Å². The summed E-state index contributed by atoms with van der Waals surface area (Å²) in [6.45, 7) is 4.06. The van der Waals surface area contributed by atoms with Gasteiger partial charge in [-0.15, -0.1) is 11.8 Å². The van der Waals surface area contributed by atoms with Gasteiger partial charge in [-0.2, -0.15) is 0 Å². The first kappa shape index (κ1) is 14.1. The van der Waals surface area contributed by atoms with E-state index in [-0.39, 0.29) is 17.1 Å². The van der Waals surface area contributed by atoms with Crippen molar-refractivity contribution < 1.29 is 4.39 Å². The van der Waals surface area contributed by atoms with Crippen LogP contribution in [0, 0.1) is 12.7 Å². The van der Waals surface area contributed by atoms with Crippen LogP contribution in [0.5, 0.6) is 0 Å². The highest BCUT2D eigenvalue weighted by Gasteiger charge is 2.17. The maximum absolute atomic E-state index is 13.0. The Morgan fingerprint density at radius 2 is 1.79 bits per heavy atom. The van der Waals surface area contributed by atoms with Crippen LogP contribution < -0.4 is 5.73 Å². The maximum atomic E-state index is 13.0. The lowest BCUT2D eigenvalue weighted by molar-refractivity contribution is 0.625. The number of hydrogen-bond acceptors (Lipinski definition) is 2.